The fourth-order valence-electron chi connectivity index (χ4n) is 2.49. The summed E-state index contributed by atoms with van der Waals surface area (Å²) in [6, 6.07) is 19.7. The summed E-state index contributed by atoms with van der Waals surface area (Å²) in [5, 5.41) is 6.99. The maximum absolute atomic E-state index is 12.4. The number of carbonyl (C=O) groups is 1. The summed E-state index contributed by atoms with van der Waals surface area (Å²) in [4.78, 5) is 24.4. The van der Waals surface area contributed by atoms with Crippen LogP contribution in [0.15, 0.2) is 71.5 Å². The van der Waals surface area contributed by atoms with E-state index in [0.29, 0.717) is 13.1 Å². The van der Waals surface area contributed by atoms with Crippen LogP contribution in [0.3, 0.4) is 0 Å². The third-order valence-electron chi connectivity index (χ3n) is 3.86. The van der Waals surface area contributed by atoms with Crippen LogP contribution in [0.2, 0.25) is 0 Å². The minimum absolute atomic E-state index is 0.198. The van der Waals surface area contributed by atoms with E-state index in [1.807, 2.05) is 54.6 Å². The van der Waals surface area contributed by atoms with E-state index in [2.05, 4.69) is 10.4 Å². The zero-order valence-electron chi connectivity index (χ0n) is 14.4. The Balaban J connectivity index is 1.71. The Bertz CT molecular complexity index is 952. The average Bonchev–Trinajstić information content (AvgIpc) is 2.69. The summed E-state index contributed by atoms with van der Waals surface area (Å²) >= 11 is 0. The molecular formula is C20H19N3O3. The Morgan fingerprint density at radius 3 is 2.58 bits per heavy atom. The van der Waals surface area contributed by atoms with Gasteiger partial charge in [0.15, 0.2) is 0 Å². The number of rotatable bonds is 6. The van der Waals surface area contributed by atoms with Gasteiger partial charge in [0, 0.05) is 12.6 Å². The molecule has 0 saturated carbocycles. The minimum Gasteiger partial charge on any atom is -0.497 e. The SMILES string of the molecule is COc1cccc(CNC(=O)c2ccc(=O)n(Cc3ccccc3)n2)c1. The van der Waals surface area contributed by atoms with E-state index >= 15 is 0 Å². The van der Waals surface area contributed by atoms with Crippen molar-refractivity contribution in [3.63, 3.8) is 0 Å². The highest BCUT2D eigenvalue weighted by atomic mass is 16.5. The maximum atomic E-state index is 12.4. The van der Waals surface area contributed by atoms with Crippen molar-refractivity contribution in [2.75, 3.05) is 7.11 Å². The second kappa shape index (κ2) is 8.11. The highest BCUT2D eigenvalue weighted by Gasteiger charge is 2.10. The van der Waals surface area contributed by atoms with Gasteiger partial charge in [-0.15, -0.1) is 0 Å². The smallest absolute Gasteiger partial charge is 0.271 e. The molecule has 3 rings (SSSR count). The Hall–Kier alpha value is -3.41. The lowest BCUT2D eigenvalue weighted by atomic mass is 10.2. The van der Waals surface area contributed by atoms with Gasteiger partial charge in [-0.25, -0.2) is 4.68 Å². The zero-order chi connectivity index (χ0) is 18.4. The molecule has 0 bridgehead atoms. The molecular weight excluding hydrogens is 330 g/mol. The molecule has 0 unspecified atom stereocenters. The van der Waals surface area contributed by atoms with Crippen LogP contribution in [0.4, 0.5) is 0 Å². The molecule has 1 heterocycles. The van der Waals surface area contributed by atoms with Crippen molar-refractivity contribution in [2.24, 2.45) is 0 Å². The second-order valence-corrected chi connectivity index (χ2v) is 5.73. The van der Waals surface area contributed by atoms with Gasteiger partial charge in [0.05, 0.1) is 13.7 Å². The number of nitrogens with one attached hydrogen (secondary N) is 1. The molecule has 3 aromatic rings. The normalized spacial score (nSPS) is 10.3. The quantitative estimate of drug-likeness (QED) is 0.741. The highest BCUT2D eigenvalue weighted by Crippen LogP contribution is 2.12. The molecule has 6 heteroatoms. The first-order chi connectivity index (χ1) is 12.7. The largest absolute Gasteiger partial charge is 0.497 e. The summed E-state index contributed by atoms with van der Waals surface area (Å²) < 4.78 is 6.46. The predicted octanol–water partition coefficient (Wildman–Crippen LogP) is 2.23. The summed E-state index contributed by atoms with van der Waals surface area (Å²) in [5.74, 6) is 0.390. The van der Waals surface area contributed by atoms with E-state index in [9.17, 15) is 9.59 Å². The number of hydrogen-bond acceptors (Lipinski definition) is 4. The molecule has 1 N–H and O–H groups in total. The van der Waals surface area contributed by atoms with Crippen LogP contribution in [-0.2, 0) is 13.1 Å². The molecule has 0 aliphatic carbocycles. The molecule has 0 fully saturated rings. The van der Waals surface area contributed by atoms with Crippen LogP contribution in [0.25, 0.3) is 0 Å². The summed E-state index contributed by atoms with van der Waals surface area (Å²) in [7, 11) is 1.59. The van der Waals surface area contributed by atoms with Gasteiger partial charge in [0.1, 0.15) is 11.4 Å². The van der Waals surface area contributed by atoms with Crippen LogP contribution in [0.5, 0.6) is 5.75 Å². The van der Waals surface area contributed by atoms with E-state index in [0.717, 1.165) is 16.9 Å². The lowest BCUT2D eigenvalue weighted by Crippen LogP contribution is -2.29. The number of ether oxygens (including phenoxy) is 1. The first kappa shape index (κ1) is 17.4. The average molecular weight is 349 g/mol. The Kier molecular flexibility index (Phi) is 5.43. The van der Waals surface area contributed by atoms with Crippen molar-refractivity contribution < 1.29 is 9.53 Å². The molecule has 0 spiro atoms. The fraction of sp³-hybridized carbons (Fsp3) is 0.150. The molecule has 0 radical (unpaired) electrons. The molecule has 1 amide bonds. The van der Waals surface area contributed by atoms with Gasteiger partial charge in [-0.1, -0.05) is 42.5 Å². The molecule has 0 atom stereocenters. The molecule has 0 saturated heterocycles. The van der Waals surface area contributed by atoms with Crippen molar-refractivity contribution >= 4 is 5.91 Å². The number of benzene rings is 2. The van der Waals surface area contributed by atoms with Crippen LogP contribution in [0, 0.1) is 0 Å². The summed E-state index contributed by atoms with van der Waals surface area (Å²) in [6.45, 7) is 0.659. The number of methoxy groups -OCH3 is 1. The van der Waals surface area contributed by atoms with E-state index in [4.69, 9.17) is 4.74 Å². The molecule has 132 valence electrons. The molecule has 0 aliphatic heterocycles. The van der Waals surface area contributed by atoms with E-state index < -0.39 is 0 Å². The van der Waals surface area contributed by atoms with Gasteiger partial charge in [-0.05, 0) is 29.3 Å². The van der Waals surface area contributed by atoms with Gasteiger partial charge in [-0.3, -0.25) is 9.59 Å². The van der Waals surface area contributed by atoms with E-state index in [1.165, 1.54) is 16.8 Å². The van der Waals surface area contributed by atoms with Crippen LogP contribution >= 0.6 is 0 Å². The lowest BCUT2D eigenvalue weighted by Gasteiger charge is -2.09. The van der Waals surface area contributed by atoms with Crippen LogP contribution in [-0.4, -0.2) is 22.8 Å². The van der Waals surface area contributed by atoms with Gasteiger partial charge in [0.25, 0.3) is 11.5 Å². The van der Waals surface area contributed by atoms with Gasteiger partial charge in [-0.2, -0.15) is 5.10 Å². The van der Waals surface area contributed by atoms with Crippen molar-refractivity contribution in [3.05, 3.63) is 93.9 Å². The third-order valence-corrected chi connectivity index (χ3v) is 3.86. The molecule has 26 heavy (non-hydrogen) atoms. The molecule has 2 aromatic carbocycles. The van der Waals surface area contributed by atoms with Gasteiger partial charge in [0.2, 0.25) is 0 Å². The van der Waals surface area contributed by atoms with Crippen molar-refractivity contribution in [2.45, 2.75) is 13.1 Å². The molecule has 6 nitrogen and oxygen atoms in total. The number of aromatic nitrogens is 2. The highest BCUT2D eigenvalue weighted by molar-refractivity contribution is 5.91. The first-order valence-corrected chi connectivity index (χ1v) is 8.19. The summed E-state index contributed by atoms with van der Waals surface area (Å²) in [6.07, 6.45) is 0. The Morgan fingerprint density at radius 1 is 1.04 bits per heavy atom. The van der Waals surface area contributed by atoms with Crippen LogP contribution in [0.1, 0.15) is 21.6 Å². The first-order valence-electron chi connectivity index (χ1n) is 8.19. The number of carbonyl (C=O) groups excluding carboxylic acids is 1. The maximum Gasteiger partial charge on any atom is 0.271 e. The Labute approximate surface area is 151 Å². The van der Waals surface area contributed by atoms with Gasteiger partial charge < -0.3 is 10.1 Å². The summed E-state index contributed by atoms with van der Waals surface area (Å²) in [5.41, 5.74) is 1.80. The topological polar surface area (TPSA) is 73.2 Å². The van der Waals surface area contributed by atoms with Crippen molar-refractivity contribution in [3.8, 4) is 5.75 Å². The number of amides is 1. The number of nitrogens with zero attached hydrogens (tertiary/aromatic N) is 2. The monoisotopic (exact) mass is 349 g/mol. The van der Waals surface area contributed by atoms with Crippen molar-refractivity contribution in [1.29, 1.82) is 0 Å². The zero-order valence-corrected chi connectivity index (χ0v) is 14.4. The molecule has 0 aliphatic rings. The fourth-order valence-corrected chi connectivity index (χ4v) is 2.49. The lowest BCUT2D eigenvalue weighted by molar-refractivity contribution is 0.0943. The molecule has 1 aromatic heterocycles. The van der Waals surface area contributed by atoms with E-state index in [-0.39, 0.29) is 17.2 Å². The van der Waals surface area contributed by atoms with Gasteiger partial charge >= 0.3 is 0 Å². The Morgan fingerprint density at radius 2 is 1.81 bits per heavy atom. The third kappa shape index (κ3) is 4.36. The van der Waals surface area contributed by atoms with Crippen molar-refractivity contribution in [1.82, 2.24) is 15.1 Å². The number of hydrogen-bond donors (Lipinski definition) is 1. The minimum atomic E-state index is -0.338. The standard InChI is InChI=1S/C20H19N3O3/c1-26-17-9-5-8-16(12-17)13-21-20(25)18-10-11-19(24)23(22-18)14-15-6-3-2-4-7-15/h2-12H,13-14H2,1H3,(H,21,25). The van der Waals surface area contributed by atoms with Crippen LogP contribution < -0.4 is 15.6 Å². The van der Waals surface area contributed by atoms with E-state index in [1.54, 1.807) is 7.11 Å². The second-order valence-electron chi connectivity index (χ2n) is 5.73. The predicted molar refractivity (Wildman–Crippen MR) is 98.2 cm³/mol.